The minimum Gasteiger partial charge on any atom is -0.385 e. The second-order valence-electron chi connectivity index (χ2n) is 5.44. The molecule has 0 aromatic heterocycles. The third kappa shape index (κ3) is 6.70. The minimum atomic E-state index is -0.171. The van der Waals surface area contributed by atoms with E-state index in [1.165, 1.54) is 0 Å². The number of nitrogens with one attached hydrogen (secondary N) is 3. The number of hydrogen-bond acceptors (Lipinski definition) is 2. The molecule has 0 radical (unpaired) electrons. The van der Waals surface area contributed by atoms with E-state index in [1.807, 2.05) is 38.1 Å². The molecule has 0 heterocycles. The molecule has 19 heavy (non-hydrogen) atoms. The molecule has 4 heteroatoms. The lowest BCUT2D eigenvalue weighted by molar-refractivity contribution is 0.250. The van der Waals surface area contributed by atoms with Gasteiger partial charge < -0.3 is 16.0 Å². The molecule has 0 saturated carbocycles. The Morgan fingerprint density at radius 2 is 1.63 bits per heavy atom. The maximum Gasteiger partial charge on any atom is 0.319 e. The molecule has 106 valence electrons. The summed E-state index contributed by atoms with van der Waals surface area (Å²) in [5.74, 6) is 0.702. The quantitative estimate of drug-likeness (QED) is 0.733. The highest BCUT2D eigenvalue weighted by Gasteiger charge is 2.03. The molecule has 3 N–H and O–H groups in total. The van der Waals surface area contributed by atoms with Crippen LogP contribution in [0.1, 0.15) is 34.1 Å². The van der Waals surface area contributed by atoms with Crippen LogP contribution in [0, 0.1) is 5.92 Å². The van der Waals surface area contributed by atoms with Gasteiger partial charge in [0, 0.05) is 24.0 Å². The summed E-state index contributed by atoms with van der Waals surface area (Å²) in [6, 6.07) is 7.72. The molecule has 0 aliphatic rings. The highest BCUT2D eigenvalue weighted by Crippen LogP contribution is 2.14. The maximum absolute atomic E-state index is 11.5. The summed E-state index contributed by atoms with van der Waals surface area (Å²) in [6.45, 7) is 9.25. The van der Waals surface area contributed by atoms with Gasteiger partial charge in [-0.05, 0) is 50.5 Å². The number of benzene rings is 1. The predicted octanol–water partition coefficient (Wildman–Crippen LogP) is 3.67. The van der Waals surface area contributed by atoms with Crippen molar-refractivity contribution in [2.75, 3.05) is 17.2 Å². The van der Waals surface area contributed by atoms with Crippen LogP contribution in [-0.4, -0.2) is 18.6 Å². The molecular formula is C15H25N3O. The van der Waals surface area contributed by atoms with Crippen molar-refractivity contribution >= 4 is 17.4 Å². The number of hydrogen-bond donors (Lipinski definition) is 3. The van der Waals surface area contributed by atoms with Crippen molar-refractivity contribution in [3.8, 4) is 0 Å². The van der Waals surface area contributed by atoms with Gasteiger partial charge in [0.15, 0.2) is 0 Å². The third-order valence-corrected chi connectivity index (χ3v) is 2.61. The molecule has 0 bridgehead atoms. The number of carbonyl (C=O) groups excluding carboxylic acids is 1. The highest BCUT2D eigenvalue weighted by molar-refractivity contribution is 5.89. The Morgan fingerprint density at radius 3 is 2.16 bits per heavy atom. The molecule has 0 fully saturated rings. The van der Waals surface area contributed by atoms with E-state index < -0.39 is 0 Å². The molecule has 0 aliphatic carbocycles. The van der Waals surface area contributed by atoms with Crippen molar-refractivity contribution in [2.45, 2.75) is 40.2 Å². The SMILES string of the molecule is CC(C)CCNc1ccc(NC(=O)NC(C)C)cc1. The zero-order valence-electron chi connectivity index (χ0n) is 12.3. The summed E-state index contributed by atoms with van der Waals surface area (Å²) >= 11 is 0. The van der Waals surface area contributed by atoms with Gasteiger partial charge in [-0.15, -0.1) is 0 Å². The van der Waals surface area contributed by atoms with Crippen LogP contribution in [0.2, 0.25) is 0 Å². The normalized spacial score (nSPS) is 10.6. The molecule has 1 aromatic rings. The molecule has 0 spiro atoms. The first kappa shape index (κ1) is 15.3. The minimum absolute atomic E-state index is 0.136. The van der Waals surface area contributed by atoms with Crippen LogP contribution < -0.4 is 16.0 Å². The maximum atomic E-state index is 11.5. The van der Waals surface area contributed by atoms with E-state index in [0.29, 0.717) is 5.92 Å². The average Bonchev–Trinajstić information content (AvgIpc) is 2.29. The largest absolute Gasteiger partial charge is 0.385 e. The van der Waals surface area contributed by atoms with Crippen LogP contribution in [0.15, 0.2) is 24.3 Å². The molecule has 0 unspecified atom stereocenters. The summed E-state index contributed by atoms with van der Waals surface area (Å²) in [7, 11) is 0. The van der Waals surface area contributed by atoms with Gasteiger partial charge in [0.05, 0.1) is 0 Å². The first-order valence-electron chi connectivity index (χ1n) is 6.89. The second-order valence-corrected chi connectivity index (χ2v) is 5.44. The Bertz CT molecular complexity index is 385. The van der Waals surface area contributed by atoms with E-state index in [1.54, 1.807) is 0 Å². The van der Waals surface area contributed by atoms with Gasteiger partial charge in [-0.3, -0.25) is 0 Å². The fourth-order valence-corrected chi connectivity index (χ4v) is 1.61. The molecule has 0 aliphatic heterocycles. The first-order chi connectivity index (χ1) is 8.97. The van der Waals surface area contributed by atoms with Crippen LogP contribution >= 0.6 is 0 Å². The Hall–Kier alpha value is -1.71. The fraction of sp³-hybridized carbons (Fsp3) is 0.533. The van der Waals surface area contributed by atoms with Crippen molar-refractivity contribution in [3.63, 3.8) is 0 Å². The van der Waals surface area contributed by atoms with Gasteiger partial charge in [0.1, 0.15) is 0 Å². The summed E-state index contributed by atoms with van der Waals surface area (Å²) in [4.78, 5) is 11.5. The van der Waals surface area contributed by atoms with Crippen molar-refractivity contribution < 1.29 is 4.79 Å². The van der Waals surface area contributed by atoms with Crippen molar-refractivity contribution in [1.29, 1.82) is 0 Å². The lowest BCUT2D eigenvalue weighted by atomic mass is 10.1. The average molecular weight is 263 g/mol. The van der Waals surface area contributed by atoms with Gasteiger partial charge in [0.25, 0.3) is 0 Å². The predicted molar refractivity (Wildman–Crippen MR) is 81.7 cm³/mol. The van der Waals surface area contributed by atoms with E-state index in [-0.39, 0.29) is 12.1 Å². The van der Waals surface area contributed by atoms with E-state index in [9.17, 15) is 4.79 Å². The highest BCUT2D eigenvalue weighted by atomic mass is 16.2. The Balaban J connectivity index is 2.41. The Morgan fingerprint density at radius 1 is 1.05 bits per heavy atom. The number of rotatable bonds is 6. The summed E-state index contributed by atoms with van der Waals surface area (Å²) in [5.41, 5.74) is 1.88. The summed E-state index contributed by atoms with van der Waals surface area (Å²) in [5, 5.41) is 8.94. The molecule has 4 nitrogen and oxygen atoms in total. The van der Waals surface area contributed by atoms with E-state index >= 15 is 0 Å². The van der Waals surface area contributed by atoms with E-state index in [2.05, 4.69) is 29.8 Å². The Kier molecular flexibility index (Phi) is 6.19. The molecule has 1 rings (SSSR count). The number of urea groups is 1. The first-order valence-corrected chi connectivity index (χ1v) is 6.89. The topological polar surface area (TPSA) is 53.2 Å². The zero-order chi connectivity index (χ0) is 14.3. The smallest absolute Gasteiger partial charge is 0.319 e. The van der Waals surface area contributed by atoms with Gasteiger partial charge in [-0.2, -0.15) is 0 Å². The zero-order valence-corrected chi connectivity index (χ0v) is 12.3. The third-order valence-electron chi connectivity index (χ3n) is 2.61. The monoisotopic (exact) mass is 263 g/mol. The van der Waals surface area contributed by atoms with Gasteiger partial charge >= 0.3 is 6.03 Å². The number of anilines is 2. The van der Waals surface area contributed by atoms with Crippen molar-refractivity contribution in [1.82, 2.24) is 5.32 Å². The standard InChI is InChI=1S/C15H25N3O/c1-11(2)9-10-16-13-5-7-14(8-6-13)18-15(19)17-12(3)4/h5-8,11-12,16H,9-10H2,1-4H3,(H2,17,18,19). The number of carbonyl (C=O) groups is 1. The van der Waals surface area contributed by atoms with Gasteiger partial charge in [-0.1, -0.05) is 13.8 Å². The fourth-order valence-electron chi connectivity index (χ4n) is 1.61. The molecule has 0 atom stereocenters. The van der Waals surface area contributed by atoms with Crippen LogP contribution in [0.25, 0.3) is 0 Å². The molecular weight excluding hydrogens is 238 g/mol. The lowest BCUT2D eigenvalue weighted by Crippen LogP contribution is -2.34. The molecule has 0 saturated heterocycles. The van der Waals surface area contributed by atoms with Crippen molar-refractivity contribution in [3.05, 3.63) is 24.3 Å². The molecule has 1 aromatic carbocycles. The van der Waals surface area contributed by atoms with Gasteiger partial charge in [0.2, 0.25) is 0 Å². The van der Waals surface area contributed by atoms with E-state index in [4.69, 9.17) is 0 Å². The van der Waals surface area contributed by atoms with Gasteiger partial charge in [-0.25, -0.2) is 4.79 Å². The van der Waals surface area contributed by atoms with Crippen LogP contribution in [-0.2, 0) is 0 Å². The second kappa shape index (κ2) is 7.67. The summed E-state index contributed by atoms with van der Waals surface area (Å²) in [6.07, 6.45) is 1.15. The summed E-state index contributed by atoms with van der Waals surface area (Å²) < 4.78 is 0. The van der Waals surface area contributed by atoms with Crippen molar-refractivity contribution in [2.24, 2.45) is 5.92 Å². The lowest BCUT2D eigenvalue weighted by Gasteiger charge is -2.11. The Labute approximate surface area is 116 Å². The van der Waals surface area contributed by atoms with Crippen LogP contribution in [0.3, 0.4) is 0 Å². The van der Waals surface area contributed by atoms with E-state index in [0.717, 1.165) is 24.3 Å². The molecule has 2 amide bonds. The van der Waals surface area contributed by atoms with Crippen LogP contribution in [0.5, 0.6) is 0 Å². The van der Waals surface area contributed by atoms with Crippen LogP contribution in [0.4, 0.5) is 16.2 Å². The number of amides is 2.